The van der Waals surface area contributed by atoms with Crippen molar-refractivity contribution in [2.24, 2.45) is 0 Å². The van der Waals surface area contributed by atoms with Gasteiger partial charge in [0.05, 0.1) is 0 Å². The van der Waals surface area contributed by atoms with Crippen molar-refractivity contribution < 1.29 is 37.9 Å². The van der Waals surface area contributed by atoms with Crippen molar-refractivity contribution in [3.63, 3.8) is 0 Å². The topological polar surface area (TPSA) is 92.3 Å². The molecule has 0 N–H and O–H groups in total. The van der Waals surface area contributed by atoms with Gasteiger partial charge in [0.2, 0.25) is 0 Å². The van der Waals surface area contributed by atoms with Crippen LogP contribution in [0.2, 0.25) is 11.6 Å². The van der Waals surface area contributed by atoms with Crippen LogP contribution in [-0.4, -0.2) is 126 Å². The van der Waals surface area contributed by atoms with Crippen molar-refractivity contribution in [3.8, 4) is 0 Å². The van der Waals surface area contributed by atoms with Gasteiger partial charge in [0.15, 0.2) is 0 Å². The van der Waals surface area contributed by atoms with E-state index in [-0.39, 0.29) is 0 Å². The standard InChI is InChI=1S/10C2H5O.2CH3.4Al/c10*1-2-3;;;;;;/h10*2H2,1H3;2*1H3;;;;/q10*-1;;;2*+2;2*+3. The molecule has 0 bridgehead atoms. The predicted molar refractivity (Wildman–Crippen MR) is 151 cm³/mol. The summed E-state index contributed by atoms with van der Waals surface area (Å²) in [6.07, 6.45) is 0. The maximum absolute atomic E-state index is 5.22. The first kappa shape index (κ1) is 44.7. The molecule has 216 valence electrons. The van der Waals surface area contributed by atoms with Gasteiger partial charge in [-0.05, 0) is 69.2 Å². The van der Waals surface area contributed by atoms with E-state index in [1.807, 2.05) is 80.8 Å². The zero-order valence-corrected chi connectivity index (χ0v) is 30.1. The SMILES string of the molecule is CC[O][Al]([CH3])[O]CC.CC[O][Al]([CH3])[O]CC.CC[O][Al]([O]CC)[O]CC.CC[O][Al]([O]CC)[O]CC. The second-order valence-electron chi connectivity index (χ2n) is 6.27. The highest BCUT2D eigenvalue weighted by Crippen LogP contribution is 1.92. The smallest absolute Gasteiger partial charge is 0.479 e. The van der Waals surface area contributed by atoms with E-state index in [1.165, 1.54) is 0 Å². The largest absolute Gasteiger partial charge is 0.905 e. The molecule has 0 fully saturated rings. The van der Waals surface area contributed by atoms with E-state index in [9.17, 15) is 0 Å². The maximum Gasteiger partial charge on any atom is 0.905 e. The first-order valence-corrected chi connectivity index (χ1v) is 20.5. The molecule has 0 aliphatic rings. The lowest BCUT2D eigenvalue weighted by Crippen LogP contribution is -2.27. The predicted octanol–water partition coefficient (Wildman–Crippen LogP) is 4.52. The van der Waals surface area contributed by atoms with Crippen molar-refractivity contribution in [2.45, 2.75) is 80.8 Å². The molecular weight excluding hydrogens is 532 g/mol. The van der Waals surface area contributed by atoms with Crippen molar-refractivity contribution >= 4 is 59.9 Å². The van der Waals surface area contributed by atoms with E-state index in [2.05, 4.69) is 0 Å². The van der Waals surface area contributed by atoms with Gasteiger partial charge >= 0.3 is 59.9 Å². The Morgan fingerprint density at radius 1 is 0.278 bits per heavy atom. The number of hydrogen-bond donors (Lipinski definition) is 0. The van der Waals surface area contributed by atoms with Crippen LogP contribution in [-0.2, 0) is 37.9 Å². The van der Waals surface area contributed by atoms with Crippen molar-refractivity contribution in [3.05, 3.63) is 0 Å². The molecule has 0 spiro atoms. The van der Waals surface area contributed by atoms with E-state index in [1.54, 1.807) is 0 Å². The molecule has 0 atom stereocenters. The fourth-order valence-electron chi connectivity index (χ4n) is 2.14. The van der Waals surface area contributed by atoms with Crippen LogP contribution in [0.25, 0.3) is 0 Å². The molecule has 0 rings (SSSR count). The molecule has 0 aliphatic heterocycles. The molecule has 14 heteroatoms. The third-order valence-corrected chi connectivity index (χ3v) is 10.3. The van der Waals surface area contributed by atoms with Gasteiger partial charge in [-0.3, -0.25) is 0 Å². The fourth-order valence-corrected chi connectivity index (χ4v) is 6.42. The normalized spacial score (nSPS) is 9.67. The highest BCUT2D eigenvalue weighted by Gasteiger charge is 2.29. The summed E-state index contributed by atoms with van der Waals surface area (Å²) in [4.78, 5) is 0. The van der Waals surface area contributed by atoms with Gasteiger partial charge in [-0.2, -0.15) is 0 Å². The molecule has 0 aromatic carbocycles. The Morgan fingerprint density at radius 3 is 0.528 bits per heavy atom. The highest BCUT2D eigenvalue weighted by molar-refractivity contribution is 6.42. The third-order valence-electron chi connectivity index (χ3n) is 3.42. The minimum Gasteiger partial charge on any atom is -0.479 e. The first-order valence-electron chi connectivity index (χ1n) is 13.5. The summed E-state index contributed by atoms with van der Waals surface area (Å²) in [5.41, 5.74) is 0. The lowest BCUT2D eigenvalue weighted by molar-refractivity contribution is 0.106. The molecule has 0 radical (unpaired) electrons. The average Bonchev–Trinajstić information content (AvgIpc) is 2.82. The molecule has 0 saturated carbocycles. The van der Waals surface area contributed by atoms with Gasteiger partial charge in [0.25, 0.3) is 0 Å². The van der Waals surface area contributed by atoms with Gasteiger partial charge in [-0.15, -0.1) is 0 Å². The molecule has 10 nitrogen and oxygen atoms in total. The Kier molecular flexibility index (Phi) is 51.2. The highest BCUT2D eigenvalue weighted by atomic mass is 27.3. The molecule has 0 aromatic rings. The van der Waals surface area contributed by atoms with Crippen molar-refractivity contribution in [1.82, 2.24) is 0 Å². The Balaban J connectivity index is -0.000000191. The van der Waals surface area contributed by atoms with Crippen molar-refractivity contribution in [1.29, 1.82) is 0 Å². The summed E-state index contributed by atoms with van der Waals surface area (Å²) >= 11 is -5.87. The Hall–Kier alpha value is 1.73. The van der Waals surface area contributed by atoms with E-state index in [4.69, 9.17) is 37.9 Å². The summed E-state index contributed by atoms with van der Waals surface area (Å²) in [6, 6.07) is 0. The lowest BCUT2D eigenvalue weighted by atomic mass is 10.9. The molecule has 0 unspecified atom stereocenters. The molecule has 0 heterocycles. The molecular formula is C22H56Al4O10. The van der Waals surface area contributed by atoms with Gasteiger partial charge in [0.1, 0.15) is 0 Å². The molecule has 0 amide bonds. The minimum atomic E-state index is -1.73. The quantitative estimate of drug-likeness (QED) is 0.189. The summed E-state index contributed by atoms with van der Waals surface area (Å²) in [6.45, 7) is 26.8. The first-order chi connectivity index (χ1) is 17.3. The van der Waals surface area contributed by atoms with Gasteiger partial charge in [-0.25, -0.2) is 0 Å². The molecule has 0 saturated heterocycles. The monoisotopic (exact) mass is 588 g/mol. The van der Waals surface area contributed by atoms with Crippen LogP contribution in [0.15, 0.2) is 0 Å². The Bertz CT molecular complexity index is 294. The van der Waals surface area contributed by atoms with Crippen LogP contribution < -0.4 is 0 Å². The molecule has 0 aliphatic carbocycles. The Labute approximate surface area is 243 Å². The van der Waals surface area contributed by atoms with E-state index < -0.39 is 59.9 Å². The second-order valence-corrected chi connectivity index (χ2v) is 13.0. The number of rotatable bonds is 20. The molecule has 36 heavy (non-hydrogen) atoms. The van der Waals surface area contributed by atoms with Crippen LogP contribution in [0.4, 0.5) is 0 Å². The van der Waals surface area contributed by atoms with Crippen LogP contribution in [0.1, 0.15) is 69.2 Å². The minimum absolute atomic E-state index is 0.677. The summed E-state index contributed by atoms with van der Waals surface area (Å²) in [5, 5.41) is 0. The average molecular weight is 589 g/mol. The Morgan fingerprint density at radius 2 is 0.417 bits per heavy atom. The van der Waals surface area contributed by atoms with E-state index in [0.29, 0.717) is 39.6 Å². The zero-order chi connectivity index (χ0) is 28.5. The lowest BCUT2D eigenvalue weighted by Gasteiger charge is -2.08. The summed E-state index contributed by atoms with van der Waals surface area (Å²) < 4.78 is 52.1. The van der Waals surface area contributed by atoms with Crippen LogP contribution in [0.3, 0.4) is 0 Å². The third kappa shape index (κ3) is 42.8. The summed E-state index contributed by atoms with van der Waals surface area (Å²) in [7, 11) is 0. The van der Waals surface area contributed by atoms with Crippen molar-refractivity contribution in [2.75, 3.05) is 66.1 Å². The van der Waals surface area contributed by atoms with Crippen LogP contribution in [0.5, 0.6) is 0 Å². The van der Waals surface area contributed by atoms with Gasteiger partial charge in [0, 0.05) is 66.1 Å². The number of hydrogen-bond acceptors (Lipinski definition) is 10. The van der Waals surface area contributed by atoms with E-state index >= 15 is 0 Å². The van der Waals surface area contributed by atoms with E-state index in [0.717, 1.165) is 26.4 Å². The fraction of sp³-hybridized carbons (Fsp3) is 1.00. The summed E-state index contributed by atoms with van der Waals surface area (Å²) in [5.74, 6) is 4.07. The molecule has 0 aromatic heterocycles. The van der Waals surface area contributed by atoms with Gasteiger partial charge in [-0.1, -0.05) is 11.6 Å². The second kappa shape index (κ2) is 41.2. The van der Waals surface area contributed by atoms with Crippen LogP contribution in [0, 0.1) is 0 Å². The maximum atomic E-state index is 5.22. The van der Waals surface area contributed by atoms with Crippen LogP contribution >= 0.6 is 0 Å². The zero-order valence-electron chi connectivity index (χ0n) is 25.5. The van der Waals surface area contributed by atoms with Gasteiger partial charge < -0.3 is 37.9 Å².